The highest BCUT2D eigenvalue weighted by molar-refractivity contribution is 6.23. The summed E-state index contributed by atoms with van der Waals surface area (Å²) in [6.07, 6.45) is 5.06. The number of allylic oxidation sites excluding steroid dienone is 2. The highest BCUT2D eigenvalue weighted by atomic mass is 16.5. The van der Waals surface area contributed by atoms with E-state index in [1.165, 1.54) is 4.90 Å². The maximum Gasteiger partial charge on any atom is 0.255 e. The third-order valence-corrected chi connectivity index (χ3v) is 6.21. The van der Waals surface area contributed by atoms with Gasteiger partial charge in [0, 0.05) is 5.56 Å². The number of benzene rings is 2. The summed E-state index contributed by atoms with van der Waals surface area (Å²) in [6, 6.07) is 13.7. The molecule has 6 heteroatoms. The van der Waals surface area contributed by atoms with Crippen LogP contribution in [0.2, 0.25) is 0 Å². The number of carbonyl (C=O) groups excluding carboxylic acids is 3. The zero-order chi connectivity index (χ0) is 20.1. The smallest absolute Gasteiger partial charge is 0.255 e. The average molecular weight is 388 g/mol. The average Bonchev–Trinajstić information content (AvgIpc) is 3.42. The third kappa shape index (κ3) is 2.67. The Hall–Kier alpha value is -3.41. The second kappa shape index (κ2) is 6.58. The molecular formula is C23H20N2O4. The molecule has 1 saturated carbocycles. The zero-order valence-corrected chi connectivity index (χ0v) is 15.9. The molecule has 2 aliphatic carbocycles. The molecule has 146 valence electrons. The summed E-state index contributed by atoms with van der Waals surface area (Å²) in [5, 5.41) is 2.82. The van der Waals surface area contributed by atoms with E-state index >= 15 is 0 Å². The van der Waals surface area contributed by atoms with Gasteiger partial charge in [-0.25, -0.2) is 0 Å². The van der Waals surface area contributed by atoms with E-state index in [0.717, 1.165) is 6.42 Å². The molecule has 6 nitrogen and oxygen atoms in total. The van der Waals surface area contributed by atoms with Gasteiger partial charge in [0.05, 0.1) is 30.3 Å². The Kier molecular flexibility index (Phi) is 4.01. The Bertz CT molecular complexity index is 1010. The van der Waals surface area contributed by atoms with Gasteiger partial charge < -0.3 is 10.1 Å². The molecule has 0 radical (unpaired) electrons. The number of fused-ring (bicyclic) bond motifs is 5. The number of nitrogens with zero attached hydrogens (tertiary/aromatic N) is 1. The molecule has 2 fully saturated rings. The molecule has 2 aromatic rings. The number of carbonyl (C=O) groups is 3. The van der Waals surface area contributed by atoms with Gasteiger partial charge in [-0.05, 0) is 54.7 Å². The number of hydrogen-bond donors (Lipinski definition) is 1. The van der Waals surface area contributed by atoms with Gasteiger partial charge in [0.2, 0.25) is 11.8 Å². The molecule has 4 unspecified atom stereocenters. The minimum Gasteiger partial charge on any atom is -0.495 e. The fraction of sp³-hybridized carbons (Fsp3) is 0.261. The SMILES string of the molecule is COc1ccccc1NC(=O)c1ccc(N2C(=O)C3C4C=CC(C4)C3C2=O)cc1. The van der Waals surface area contributed by atoms with Crippen molar-refractivity contribution in [2.24, 2.45) is 23.7 Å². The molecule has 5 rings (SSSR count). The number of para-hydroxylation sites is 2. The largest absolute Gasteiger partial charge is 0.495 e. The van der Waals surface area contributed by atoms with E-state index in [2.05, 4.69) is 17.5 Å². The fourth-order valence-corrected chi connectivity index (χ4v) is 4.86. The maximum atomic E-state index is 12.9. The van der Waals surface area contributed by atoms with Crippen LogP contribution < -0.4 is 15.0 Å². The summed E-state index contributed by atoms with van der Waals surface area (Å²) in [5.74, 6) is -0.0716. The number of methoxy groups -OCH3 is 1. The Morgan fingerprint density at radius 2 is 1.59 bits per heavy atom. The predicted molar refractivity (Wildman–Crippen MR) is 108 cm³/mol. The van der Waals surface area contributed by atoms with Crippen molar-refractivity contribution in [2.75, 3.05) is 17.3 Å². The first-order chi connectivity index (χ1) is 14.1. The highest BCUT2D eigenvalue weighted by Gasteiger charge is 2.59. The van der Waals surface area contributed by atoms with Crippen molar-refractivity contribution < 1.29 is 19.1 Å². The Labute approximate surface area is 168 Å². The molecule has 3 aliphatic rings. The van der Waals surface area contributed by atoms with Crippen LogP contribution in [-0.2, 0) is 9.59 Å². The summed E-state index contributed by atoms with van der Waals surface area (Å²) in [5.41, 5.74) is 1.52. The van der Waals surface area contributed by atoms with Crippen LogP contribution in [0.4, 0.5) is 11.4 Å². The first kappa shape index (κ1) is 17.7. The lowest BCUT2D eigenvalue weighted by Crippen LogP contribution is -2.32. The van der Waals surface area contributed by atoms with Crippen LogP contribution in [0.5, 0.6) is 5.75 Å². The number of nitrogens with one attached hydrogen (secondary N) is 1. The van der Waals surface area contributed by atoms with Gasteiger partial charge in [0.15, 0.2) is 0 Å². The first-order valence-corrected chi connectivity index (χ1v) is 9.69. The molecular weight excluding hydrogens is 368 g/mol. The minimum atomic E-state index is -0.292. The van der Waals surface area contributed by atoms with Crippen molar-refractivity contribution in [3.63, 3.8) is 0 Å². The Balaban J connectivity index is 1.35. The molecule has 2 aromatic carbocycles. The molecule has 2 bridgehead atoms. The van der Waals surface area contributed by atoms with E-state index < -0.39 is 0 Å². The van der Waals surface area contributed by atoms with Crippen LogP contribution in [0, 0.1) is 23.7 Å². The van der Waals surface area contributed by atoms with Gasteiger partial charge in [-0.1, -0.05) is 24.3 Å². The number of anilines is 2. The Morgan fingerprint density at radius 1 is 0.966 bits per heavy atom. The van der Waals surface area contributed by atoms with E-state index in [1.807, 2.05) is 12.1 Å². The van der Waals surface area contributed by atoms with Crippen molar-refractivity contribution in [2.45, 2.75) is 6.42 Å². The van der Waals surface area contributed by atoms with Crippen LogP contribution in [-0.4, -0.2) is 24.8 Å². The molecule has 0 spiro atoms. The maximum absolute atomic E-state index is 12.9. The molecule has 4 atom stereocenters. The van der Waals surface area contributed by atoms with E-state index in [-0.39, 0.29) is 41.4 Å². The lowest BCUT2D eigenvalue weighted by Gasteiger charge is -2.17. The van der Waals surface area contributed by atoms with Crippen LogP contribution in [0.15, 0.2) is 60.7 Å². The minimum absolute atomic E-state index is 0.122. The Morgan fingerprint density at radius 3 is 2.21 bits per heavy atom. The molecule has 1 N–H and O–H groups in total. The standard InChI is InChI=1S/C23H20N2O4/c1-29-18-5-3-2-4-17(18)24-21(26)13-8-10-16(11-9-13)25-22(27)19-14-6-7-15(12-14)20(19)23(25)28/h2-11,14-15,19-20H,12H2,1H3,(H,24,26). The molecule has 1 saturated heterocycles. The van der Waals surface area contributed by atoms with Crippen LogP contribution in [0.25, 0.3) is 0 Å². The molecule has 3 amide bonds. The summed E-state index contributed by atoms with van der Waals surface area (Å²) in [6.45, 7) is 0. The van der Waals surface area contributed by atoms with E-state index in [1.54, 1.807) is 43.5 Å². The number of imide groups is 1. The van der Waals surface area contributed by atoms with E-state index in [4.69, 9.17) is 4.74 Å². The number of hydrogen-bond acceptors (Lipinski definition) is 4. The number of rotatable bonds is 4. The monoisotopic (exact) mass is 388 g/mol. The lowest BCUT2D eigenvalue weighted by atomic mass is 9.85. The summed E-state index contributed by atoms with van der Waals surface area (Å²) >= 11 is 0. The second-order valence-electron chi connectivity index (χ2n) is 7.71. The van der Waals surface area contributed by atoms with Crippen LogP contribution in [0.3, 0.4) is 0 Å². The van der Waals surface area contributed by atoms with Gasteiger partial charge in [-0.2, -0.15) is 0 Å². The number of ether oxygens (including phenoxy) is 1. The fourth-order valence-electron chi connectivity index (χ4n) is 4.86. The summed E-state index contributed by atoms with van der Waals surface area (Å²) < 4.78 is 5.25. The van der Waals surface area contributed by atoms with Gasteiger partial charge in [0.1, 0.15) is 5.75 Å². The molecule has 1 heterocycles. The van der Waals surface area contributed by atoms with Gasteiger partial charge >= 0.3 is 0 Å². The summed E-state index contributed by atoms with van der Waals surface area (Å²) in [4.78, 5) is 39.7. The normalized spacial score (nSPS) is 26.7. The van der Waals surface area contributed by atoms with Crippen molar-refractivity contribution in [1.29, 1.82) is 0 Å². The molecule has 0 aromatic heterocycles. The van der Waals surface area contributed by atoms with Gasteiger partial charge in [-0.15, -0.1) is 0 Å². The van der Waals surface area contributed by atoms with Crippen molar-refractivity contribution in [3.05, 3.63) is 66.2 Å². The lowest BCUT2D eigenvalue weighted by molar-refractivity contribution is -0.123. The zero-order valence-electron chi connectivity index (χ0n) is 15.9. The first-order valence-electron chi connectivity index (χ1n) is 9.69. The predicted octanol–water partition coefficient (Wildman–Crippen LogP) is 3.26. The summed E-state index contributed by atoms with van der Waals surface area (Å²) in [7, 11) is 1.54. The molecule has 29 heavy (non-hydrogen) atoms. The second-order valence-corrected chi connectivity index (χ2v) is 7.71. The third-order valence-electron chi connectivity index (χ3n) is 6.21. The van der Waals surface area contributed by atoms with E-state index in [9.17, 15) is 14.4 Å². The van der Waals surface area contributed by atoms with E-state index in [0.29, 0.717) is 22.7 Å². The van der Waals surface area contributed by atoms with Crippen LogP contribution in [0.1, 0.15) is 16.8 Å². The topological polar surface area (TPSA) is 75.7 Å². The number of amides is 3. The van der Waals surface area contributed by atoms with Crippen LogP contribution >= 0.6 is 0 Å². The van der Waals surface area contributed by atoms with Crippen molar-refractivity contribution >= 4 is 29.1 Å². The quantitative estimate of drug-likeness (QED) is 0.644. The molecule has 1 aliphatic heterocycles. The van der Waals surface area contributed by atoms with Crippen molar-refractivity contribution in [3.8, 4) is 5.75 Å². The highest BCUT2D eigenvalue weighted by Crippen LogP contribution is 2.53. The van der Waals surface area contributed by atoms with Gasteiger partial charge in [0.25, 0.3) is 5.91 Å². The van der Waals surface area contributed by atoms with Crippen molar-refractivity contribution in [1.82, 2.24) is 0 Å². The van der Waals surface area contributed by atoms with Gasteiger partial charge in [-0.3, -0.25) is 19.3 Å².